The fourth-order valence-electron chi connectivity index (χ4n) is 3.66. The summed E-state index contributed by atoms with van der Waals surface area (Å²) < 4.78 is 0. The van der Waals surface area contributed by atoms with Crippen LogP contribution >= 0.6 is 0 Å². The van der Waals surface area contributed by atoms with Crippen molar-refractivity contribution in [3.8, 4) is 0 Å². The summed E-state index contributed by atoms with van der Waals surface area (Å²) in [5.74, 6) is 0.128. The molecule has 2 rings (SSSR count). The van der Waals surface area contributed by atoms with Gasteiger partial charge in [-0.15, -0.1) is 0 Å². The molecule has 0 aromatic rings. The van der Waals surface area contributed by atoms with E-state index >= 15 is 0 Å². The van der Waals surface area contributed by atoms with E-state index < -0.39 is 5.97 Å². The van der Waals surface area contributed by atoms with Crippen LogP contribution in [0.25, 0.3) is 0 Å². The van der Waals surface area contributed by atoms with Gasteiger partial charge in [0, 0.05) is 32.6 Å². The van der Waals surface area contributed by atoms with Gasteiger partial charge in [0.2, 0.25) is 0 Å². The van der Waals surface area contributed by atoms with Crippen LogP contribution in [0.5, 0.6) is 0 Å². The van der Waals surface area contributed by atoms with Gasteiger partial charge in [-0.05, 0) is 50.4 Å². The highest BCUT2D eigenvalue weighted by atomic mass is 16.4. The molecule has 120 valence electrons. The summed E-state index contributed by atoms with van der Waals surface area (Å²) in [6.07, 6.45) is 6.59. The number of hydrogen-bond donors (Lipinski definition) is 1. The smallest absolute Gasteiger partial charge is 0.319 e. The molecule has 1 atom stereocenters. The number of carboxylic acids is 1. The summed E-state index contributed by atoms with van der Waals surface area (Å²) in [6, 6.07) is 0.443. The lowest BCUT2D eigenvalue weighted by molar-refractivity contribution is -0.138. The van der Waals surface area contributed by atoms with Crippen molar-refractivity contribution in [3.05, 3.63) is 0 Å². The highest BCUT2D eigenvalue weighted by Crippen LogP contribution is 2.28. The number of carbonyl (C=O) groups excluding carboxylic acids is 1. The lowest BCUT2D eigenvalue weighted by Crippen LogP contribution is -2.50. The highest BCUT2D eigenvalue weighted by molar-refractivity contribution is 5.75. The Labute approximate surface area is 127 Å². The predicted molar refractivity (Wildman–Crippen MR) is 81.1 cm³/mol. The van der Waals surface area contributed by atoms with Gasteiger partial charge in [-0.3, -0.25) is 4.79 Å². The fraction of sp³-hybridized carbons (Fsp3) is 0.875. The maximum absolute atomic E-state index is 12.6. The Kier molecular flexibility index (Phi) is 5.48. The Bertz CT molecular complexity index is 378. The normalized spacial score (nSPS) is 30.0. The molecule has 1 aliphatic heterocycles. The minimum atomic E-state index is -0.760. The molecule has 1 saturated heterocycles. The van der Waals surface area contributed by atoms with Crippen LogP contribution in [-0.4, -0.2) is 53.1 Å². The number of likely N-dealkylation sites (tertiary alicyclic amines) is 1. The second-order valence-corrected chi connectivity index (χ2v) is 6.86. The van der Waals surface area contributed by atoms with Crippen LogP contribution in [0.2, 0.25) is 0 Å². The molecule has 2 fully saturated rings. The van der Waals surface area contributed by atoms with Crippen molar-refractivity contribution in [2.24, 2.45) is 11.8 Å². The third-order valence-corrected chi connectivity index (χ3v) is 5.09. The quantitative estimate of drug-likeness (QED) is 0.871. The van der Waals surface area contributed by atoms with Gasteiger partial charge in [0.25, 0.3) is 0 Å². The zero-order valence-electron chi connectivity index (χ0n) is 13.3. The number of carboxylic acid groups (broad SMARTS) is 1. The van der Waals surface area contributed by atoms with Crippen molar-refractivity contribution in [1.82, 2.24) is 9.80 Å². The van der Waals surface area contributed by atoms with Crippen molar-refractivity contribution >= 4 is 12.0 Å². The standard InChI is InChI=1S/C16H28N2O3/c1-12-5-7-14(8-6-12)17(2)16(21)18-9-3-4-13(11-18)10-15(19)20/h12-14H,3-11H2,1-2H3,(H,19,20). The minimum absolute atomic E-state index is 0.0876. The van der Waals surface area contributed by atoms with E-state index in [-0.39, 0.29) is 18.4 Å². The Balaban J connectivity index is 1.87. The van der Waals surface area contributed by atoms with E-state index in [2.05, 4.69) is 6.92 Å². The zero-order valence-corrected chi connectivity index (χ0v) is 13.3. The summed E-state index contributed by atoms with van der Waals surface area (Å²) in [4.78, 5) is 27.2. The summed E-state index contributed by atoms with van der Waals surface area (Å²) in [6.45, 7) is 3.64. The monoisotopic (exact) mass is 296 g/mol. The molecule has 5 nitrogen and oxygen atoms in total. The number of nitrogens with zero attached hydrogens (tertiary/aromatic N) is 2. The lowest BCUT2D eigenvalue weighted by atomic mass is 9.87. The maximum atomic E-state index is 12.6. The average molecular weight is 296 g/mol. The van der Waals surface area contributed by atoms with Crippen LogP contribution in [0.3, 0.4) is 0 Å². The van der Waals surface area contributed by atoms with Gasteiger partial charge in [-0.2, -0.15) is 0 Å². The van der Waals surface area contributed by atoms with Crippen LogP contribution < -0.4 is 0 Å². The molecule has 0 aromatic heterocycles. The van der Waals surface area contributed by atoms with Crippen molar-refractivity contribution < 1.29 is 14.7 Å². The molecule has 0 radical (unpaired) electrons. The number of carbonyl (C=O) groups is 2. The molecule has 2 aliphatic rings. The van der Waals surface area contributed by atoms with Gasteiger partial charge in [0.05, 0.1) is 0 Å². The first-order chi connectivity index (χ1) is 9.97. The van der Waals surface area contributed by atoms with Crippen LogP contribution in [0.4, 0.5) is 4.79 Å². The number of urea groups is 1. The molecule has 1 N–H and O–H groups in total. The highest BCUT2D eigenvalue weighted by Gasteiger charge is 2.31. The molecule has 2 amide bonds. The molecule has 5 heteroatoms. The minimum Gasteiger partial charge on any atom is -0.481 e. The van der Waals surface area contributed by atoms with Crippen LogP contribution in [0, 0.1) is 11.8 Å². The number of rotatable bonds is 3. The lowest BCUT2D eigenvalue weighted by Gasteiger charge is -2.39. The van der Waals surface area contributed by atoms with E-state index in [1.807, 2.05) is 16.8 Å². The van der Waals surface area contributed by atoms with Gasteiger partial charge in [-0.1, -0.05) is 6.92 Å². The zero-order chi connectivity index (χ0) is 15.4. The molecule has 0 aromatic carbocycles. The molecule has 0 bridgehead atoms. The van der Waals surface area contributed by atoms with Gasteiger partial charge < -0.3 is 14.9 Å². The Morgan fingerprint density at radius 2 is 1.86 bits per heavy atom. The van der Waals surface area contributed by atoms with Gasteiger partial charge in [-0.25, -0.2) is 4.79 Å². The third kappa shape index (κ3) is 4.35. The summed E-state index contributed by atoms with van der Waals surface area (Å²) in [5.41, 5.74) is 0. The van der Waals surface area contributed by atoms with Crippen molar-refractivity contribution in [2.75, 3.05) is 20.1 Å². The van der Waals surface area contributed by atoms with E-state index in [1.54, 1.807) is 0 Å². The molecule has 1 aliphatic carbocycles. The average Bonchev–Trinajstić information content (AvgIpc) is 2.46. The van der Waals surface area contributed by atoms with Gasteiger partial charge in [0.1, 0.15) is 0 Å². The first-order valence-electron chi connectivity index (χ1n) is 8.21. The Morgan fingerprint density at radius 3 is 2.48 bits per heavy atom. The summed E-state index contributed by atoms with van der Waals surface area (Å²) in [7, 11) is 1.91. The molecular weight excluding hydrogens is 268 g/mol. The second-order valence-electron chi connectivity index (χ2n) is 6.86. The fourth-order valence-corrected chi connectivity index (χ4v) is 3.66. The van der Waals surface area contributed by atoms with Gasteiger partial charge in [0.15, 0.2) is 0 Å². The first kappa shape index (κ1) is 16.1. The predicted octanol–water partition coefficient (Wildman–Crippen LogP) is 2.80. The topological polar surface area (TPSA) is 60.9 Å². The third-order valence-electron chi connectivity index (χ3n) is 5.09. The van der Waals surface area contributed by atoms with Crippen LogP contribution in [-0.2, 0) is 4.79 Å². The molecule has 1 heterocycles. The van der Waals surface area contributed by atoms with Gasteiger partial charge >= 0.3 is 12.0 Å². The van der Waals surface area contributed by atoms with Crippen molar-refractivity contribution in [1.29, 1.82) is 0 Å². The molecule has 0 spiro atoms. The number of piperidine rings is 1. The molecule has 1 unspecified atom stereocenters. The van der Waals surface area contributed by atoms with E-state index in [4.69, 9.17) is 5.11 Å². The summed E-state index contributed by atoms with van der Waals surface area (Å²) >= 11 is 0. The van der Waals surface area contributed by atoms with Crippen LogP contribution in [0.15, 0.2) is 0 Å². The largest absolute Gasteiger partial charge is 0.481 e. The number of hydrogen-bond acceptors (Lipinski definition) is 2. The molecular formula is C16H28N2O3. The molecule has 1 saturated carbocycles. The number of amides is 2. The molecule has 21 heavy (non-hydrogen) atoms. The van der Waals surface area contributed by atoms with Crippen LogP contribution in [0.1, 0.15) is 51.9 Å². The first-order valence-corrected chi connectivity index (χ1v) is 8.21. The van der Waals surface area contributed by atoms with Crippen molar-refractivity contribution in [3.63, 3.8) is 0 Å². The maximum Gasteiger partial charge on any atom is 0.319 e. The van der Waals surface area contributed by atoms with Crippen molar-refractivity contribution in [2.45, 2.75) is 57.9 Å². The SMILES string of the molecule is CC1CCC(N(C)C(=O)N2CCCC(CC(=O)O)C2)CC1. The summed E-state index contributed by atoms with van der Waals surface area (Å²) in [5, 5.41) is 8.91. The van der Waals surface area contributed by atoms with E-state index in [0.717, 1.165) is 38.1 Å². The van der Waals surface area contributed by atoms with E-state index in [1.165, 1.54) is 12.8 Å². The van der Waals surface area contributed by atoms with E-state index in [0.29, 0.717) is 12.6 Å². The Morgan fingerprint density at radius 1 is 1.19 bits per heavy atom. The number of aliphatic carboxylic acids is 1. The Hall–Kier alpha value is -1.26. The second kappa shape index (κ2) is 7.14. The van der Waals surface area contributed by atoms with E-state index in [9.17, 15) is 9.59 Å².